The number of alkyl halides is 2. The summed E-state index contributed by atoms with van der Waals surface area (Å²) in [5.41, 5.74) is 1.23. The zero-order valence-electron chi connectivity index (χ0n) is 9.35. The molecule has 0 aliphatic rings. The van der Waals surface area contributed by atoms with Crippen LogP contribution in [-0.2, 0) is 0 Å². The van der Waals surface area contributed by atoms with Crippen LogP contribution >= 0.6 is 0 Å². The van der Waals surface area contributed by atoms with Crippen LogP contribution in [0.5, 0.6) is 0 Å². The fraction of sp³-hybridized carbons (Fsp3) is 0.167. The maximum Gasteiger partial charge on any atom is 0.374 e. The number of aromatic carboxylic acids is 1. The molecule has 2 aromatic rings. The Morgan fingerprint density at radius 1 is 1.39 bits per heavy atom. The van der Waals surface area contributed by atoms with Gasteiger partial charge in [0, 0.05) is 17.2 Å². The van der Waals surface area contributed by atoms with Crippen molar-refractivity contribution in [1.82, 2.24) is 5.16 Å². The number of benzene rings is 1. The quantitative estimate of drug-likeness (QED) is 0.911. The topological polar surface area (TPSA) is 63.3 Å². The Kier molecular flexibility index (Phi) is 3.10. The second kappa shape index (κ2) is 4.56. The fourth-order valence-corrected chi connectivity index (χ4v) is 1.55. The first-order valence-corrected chi connectivity index (χ1v) is 5.08. The van der Waals surface area contributed by atoms with E-state index in [9.17, 15) is 13.6 Å². The van der Waals surface area contributed by atoms with Crippen molar-refractivity contribution < 1.29 is 23.2 Å². The molecule has 1 N–H and O–H groups in total. The van der Waals surface area contributed by atoms with E-state index in [2.05, 4.69) is 9.68 Å². The van der Waals surface area contributed by atoms with Crippen molar-refractivity contribution in [2.45, 2.75) is 13.3 Å². The van der Waals surface area contributed by atoms with Gasteiger partial charge in [0.1, 0.15) is 5.69 Å². The molecular weight excluding hydrogens is 244 g/mol. The smallest absolute Gasteiger partial charge is 0.374 e. The zero-order valence-corrected chi connectivity index (χ0v) is 9.35. The molecule has 94 valence electrons. The molecule has 4 nitrogen and oxygen atoms in total. The minimum Gasteiger partial charge on any atom is -0.475 e. The molecule has 0 aliphatic heterocycles. The highest BCUT2D eigenvalue weighted by Gasteiger charge is 2.16. The number of carbonyl (C=O) groups is 1. The maximum absolute atomic E-state index is 12.6. The number of hydrogen-bond donors (Lipinski definition) is 1. The van der Waals surface area contributed by atoms with Crippen LogP contribution < -0.4 is 0 Å². The molecular formula is C12H9F2NO3. The van der Waals surface area contributed by atoms with E-state index < -0.39 is 12.4 Å². The zero-order chi connectivity index (χ0) is 13.3. The van der Waals surface area contributed by atoms with Crippen molar-refractivity contribution in [1.29, 1.82) is 0 Å². The SMILES string of the molecule is Cc1ccc(C(F)F)cc1-c1cc(C(=O)O)on1. The van der Waals surface area contributed by atoms with Crippen molar-refractivity contribution in [2.75, 3.05) is 0 Å². The second-order valence-corrected chi connectivity index (χ2v) is 3.76. The summed E-state index contributed by atoms with van der Waals surface area (Å²) in [5.74, 6) is -1.58. The molecule has 0 radical (unpaired) electrons. The molecule has 1 aromatic heterocycles. The minimum atomic E-state index is -2.59. The highest BCUT2D eigenvalue weighted by Crippen LogP contribution is 2.28. The van der Waals surface area contributed by atoms with Gasteiger partial charge in [-0.25, -0.2) is 13.6 Å². The predicted molar refractivity (Wildman–Crippen MR) is 58.6 cm³/mol. The Balaban J connectivity index is 2.48. The van der Waals surface area contributed by atoms with Crippen LogP contribution in [0.3, 0.4) is 0 Å². The average Bonchev–Trinajstić information content (AvgIpc) is 2.78. The number of aryl methyl sites for hydroxylation is 1. The van der Waals surface area contributed by atoms with E-state index in [1.165, 1.54) is 24.3 Å². The molecule has 0 atom stereocenters. The number of carboxylic acids is 1. The Morgan fingerprint density at radius 2 is 2.11 bits per heavy atom. The third-order valence-electron chi connectivity index (χ3n) is 2.51. The standard InChI is InChI=1S/C12H9F2NO3/c1-6-2-3-7(11(13)14)4-8(6)9-5-10(12(16)17)18-15-9/h2-5,11H,1H3,(H,16,17). The summed E-state index contributed by atoms with van der Waals surface area (Å²) in [5, 5.41) is 12.3. The second-order valence-electron chi connectivity index (χ2n) is 3.76. The monoisotopic (exact) mass is 253 g/mol. The van der Waals surface area contributed by atoms with Crippen LogP contribution in [0.15, 0.2) is 28.8 Å². The van der Waals surface area contributed by atoms with E-state index in [0.29, 0.717) is 11.1 Å². The molecule has 0 aliphatic carbocycles. The van der Waals surface area contributed by atoms with E-state index in [1.807, 2.05) is 0 Å². The van der Waals surface area contributed by atoms with Gasteiger partial charge >= 0.3 is 5.97 Å². The van der Waals surface area contributed by atoms with Gasteiger partial charge in [0.05, 0.1) is 0 Å². The van der Waals surface area contributed by atoms with Gasteiger partial charge < -0.3 is 9.63 Å². The molecule has 2 rings (SSSR count). The summed E-state index contributed by atoms with van der Waals surface area (Å²) in [4.78, 5) is 10.7. The van der Waals surface area contributed by atoms with Crippen LogP contribution in [0.4, 0.5) is 8.78 Å². The summed E-state index contributed by atoms with van der Waals surface area (Å²) in [6, 6.07) is 5.34. The van der Waals surface area contributed by atoms with Crippen molar-refractivity contribution in [3.63, 3.8) is 0 Å². The van der Waals surface area contributed by atoms with Crippen molar-refractivity contribution >= 4 is 5.97 Å². The summed E-state index contributed by atoms with van der Waals surface area (Å²) in [7, 11) is 0. The lowest BCUT2D eigenvalue weighted by atomic mass is 10.0. The molecule has 6 heteroatoms. The van der Waals surface area contributed by atoms with Crippen molar-refractivity contribution in [3.05, 3.63) is 41.2 Å². The van der Waals surface area contributed by atoms with Crippen LogP contribution in [0.25, 0.3) is 11.3 Å². The Morgan fingerprint density at radius 3 is 2.67 bits per heavy atom. The first-order valence-electron chi connectivity index (χ1n) is 5.08. The first-order chi connectivity index (χ1) is 8.49. The van der Waals surface area contributed by atoms with Gasteiger partial charge in [0.25, 0.3) is 6.43 Å². The van der Waals surface area contributed by atoms with E-state index in [1.54, 1.807) is 6.92 Å². The minimum absolute atomic E-state index is 0.143. The molecule has 0 saturated heterocycles. The van der Waals surface area contributed by atoms with E-state index in [-0.39, 0.29) is 17.0 Å². The highest BCUT2D eigenvalue weighted by molar-refractivity contribution is 5.85. The van der Waals surface area contributed by atoms with Crippen LogP contribution in [-0.4, -0.2) is 16.2 Å². The molecule has 0 saturated carbocycles. The average molecular weight is 253 g/mol. The van der Waals surface area contributed by atoms with Crippen LogP contribution in [0, 0.1) is 6.92 Å². The van der Waals surface area contributed by atoms with Crippen LogP contribution in [0.2, 0.25) is 0 Å². The largest absolute Gasteiger partial charge is 0.475 e. The molecule has 0 bridgehead atoms. The lowest BCUT2D eigenvalue weighted by molar-refractivity contribution is 0.0652. The first kappa shape index (κ1) is 12.2. The lowest BCUT2D eigenvalue weighted by Crippen LogP contribution is -1.92. The Labute approximate surface area is 101 Å². The van der Waals surface area contributed by atoms with E-state index >= 15 is 0 Å². The molecule has 0 unspecified atom stereocenters. The normalized spacial score (nSPS) is 10.9. The molecule has 1 heterocycles. The van der Waals surface area contributed by atoms with Gasteiger partial charge in [-0.1, -0.05) is 17.3 Å². The summed E-state index contributed by atoms with van der Waals surface area (Å²) in [6.07, 6.45) is -2.59. The molecule has 18 heavy (non-hydrogen) atoms. The van der Waals surface area contributed by atoms with Gasteiger partial charge in [0.2, 0.25) is 5.76 Å². The third kappa shape index (κ3) is 2.22. The van der Waals surface area contributed by atoms with Crippen molar-refractivity contribution in [3.8, 4) is 11.3 Å². The number of aromatic nitrogens is 1. The molecule has 0 spiro atoms. The maximum atomic E-state index is 12.6. The van der Waals surface area contributed by atoms with Gasteiger partial charge in [0.15, 0.2) is 0 Å². The Hall–Kier alpha value is -2.24. The number of halogens is 2. The number of hydrogen-bond acceptors (Lipinski definition) is 3. The number of rotatable bonds is 3. The third-order valence-corrected chi connectivity index (χ3v) is 2.51. The van der Waals surface area contributed by atoms with Gasteiger partial charge in [-0.05, 0) is 18.6 Å². The fourth-order valence-electron chi connectivity index (χ4n) is 1.55. The van der Waals surface area contributed by atoms with Gasteiger partial charge in [-0.2, -0.15) is 0 Å². The summed E-state index contributed by atoms with van der Waals surface area (Å²) < 4.78 is 29.8. The summed E-state index contributed by atoms with van der Waals surface area (Å²) in [6.45, 7) is 1.72. The lowest BCUT2D eigenvalue weighted by Gasteiger charge is -2.05. The van der Waals surface area contributed by atoms with E-state index in [0.717, 1.165) is 0 Å². The molecule has 1 aromatic carbocycles. The van der Waals surface area contributed by atoms with Gasteiger partial charge in [-0.3, -0.25) is 0 Å². The predicted octanol–water partition coefficient (Wildman–Crippen LogP) is 3.29. The Bertz CT molecular complexity index is 593. The molecule has 0 amide bonds. The molecule has 0 fully saturated rings. The highest BCUT2D eigenvalue weighted by atomic mass is 19.3. The summed E-state index contributed by atoms with van der Waals surface area (Å²) >= 11 is 0. The van der Waals surface area contributed by atoms with Crippen LogP contribution in [0.1, 0.15) is 28.1 Å². The van der Waals surface area contributed by atoms with Crippen molar-refractivity contribution in [2.24, 2.45) is 0 Å². The van der Waals surface area contributed by atoms with Gasteiger partial charge in [-0.15, -0.1) is 0 Å². The van der Waals surface area contributed by atoms with E-state index in [4.69, 9.17) is 5.11 Å². The number of carboxylic acid groups (broad SMARTS) is 1. The number of nitrogens with zero attached hydrogens (tertiary/aromatic N) is 1.